The second-order valence-corrected chi connectivity index (χ2v) is 11.0. The van der Waals surface area contributed by atoms with Crippen LogP contribution in [-0.2, 0) is 27.8 Å². The molecule has 0 spiro atoms. The van der Waals surface area contributed by atoms with Gasteiger partial charge in [0, 0.05) is 30.1 Å². The van der Waals surface area contributed by atoms with Gasteiger partial charge in [0.05, 0.1) is 12.0 Å². The lowest BCUT2D eigenvalue weighted by atomic mass is 10.1. The summed E-state index contributed by atoms with van der Waals surface area (Å²) in [6.07, 6.45) is 1.74. The van der Waals surface area contributed by atoms with E-state index in [1.54, 1.807) is 14.0 Å². The third-order valence-corrected chi connectivity index (χ3v) is 8.09. The first-order valence-electron chi connectivity index (χ1n) is 12.7. The van der Waals surface area contributed by atoms with Gasteiger partial charge < -0.3 is 28.6 Å². The van der Waals surface area contributed by atoms with Crippen LogP contribution in [0.25, 0.3) is 10.9 Å². The van der Waals surface area contributed by atoms with E-state index in [4.69, 9.17) is 18.9 Å². The molecular formula is C30H28N2O8S. The molecule has 11 heteroatoms. The highest BCUT2D eigenvalue weighted by atomic mass is 32.2. The molecule has 0 saturated heterocycles. The molecule has 1 atom stereocenters. The normalized spacial score (nSPS) is 12.9. The van der Waals surface area contributed by atoms with Crippen LogP contribution in [0.4, 0.5) is 0 Å². The van der Waals surface area contributed by atoms with E-state index in [9.17, 15) is 18.3 Å². The Morgan fingerprint density at radius 1 is 1.07 bits per heavy atom. The van der Waals surface area contributed by atoms with Crippen molar-refractivity contribution in [2.24, 2.45) is 0 Å². The van der Waals surface area contributed by atoms with Crippen molar-refractivity contribution >= 4 is 26.9 Å². The summed E-state index contributed by atoms with van der Waals surface area (Å²) in [7, 11) is -2.60. The Morgan fingerprint density at radius 3 is 2.56 bits per heavy atom. The van der Waals surface area contributed by atoms with Gasteiger partial charge in [-0.15, -0.1) is 5.92 Å². The minimum absolute atomic E-state index is 0.0791. The SMILES string of the molecule is CC#CCOc1ccc(S(=O)(=O)N[C@@H](Cc2cn(Cc3ccc4c(c3)OCO4)c3ccc(OC)cc23)C(=O)O)cc1. The van der Waals surface area contributed by atoms with Gasteiger partial charge in [-0.05, 0) is 72.6 Å². The highest BCUT2D eigenvalue weighted by Gasteiger charge is 2.27. The first-order valence-corrected chi connectivity index (χ1v) is 14.2. The predicted molar refractivity (Wildman–Crippen MR) is 151 cm³/mol. The number of rotatable bonds is 11. The van der Waals surface area contributed by atoms with Crippen molar-refractivity contribution in [1.29, 1.82) is 0 Å². The van der Waals surface area contributed by atoms with Crippen LogP contribution in [0, 0.1) is 11.8 Å². The van der Waals surface area contributed by atoms with Gasteiger partial charge in [-0.1, -0.05) is 12.0 Å². The molecule has 1 aliphatic rings. The number of carboxylic acids is 1. The summed E-state index contributed by atoms with van der Waals surface area (Å²) in [4.78, 5) is 12.2. The summed E-state index contributed by atoms with van der Waals surface area (Å²) in [6.45, 7) is 2.51. The molecule has 2 N–H and O–H groups in total. The number of hydrogen-bond donors (Lipinski definition) is 2. The zero-order chi connectivity index (χ0) is 29.0. The van der Waals surface area contributed by atoms with Gasteiger partial charge in [-0.3, -0.25) is 4.79 Å². The fraction of sp³-hybridized carbons (Fsp3) is 0.233. The lowest BCUT2D eigenvalue weighted by Gasteiger charge is -2.15. The zero-order valence-electron chi connectivity index (χ0n) is 22.4. The molecule has 1 aliphatic heterocycles. The van der Waals surface area contributed by atoms with Gasteiger partial charge in [0.15, 0.2) is 11.5 Å². The molecule has 0 amide bonds. The Labute approximate surface area is 237 Å². The minimum Gasteiger partial charge on any atom is -0.497 e. The van der Waals surface area contributed by atoms with Crippen molar-refractivity contribution in [2.45, 2.75) is 30.8 Å². The van der Waals surface area contributed by atoms with E-state index in [0.29, 0.717) is 35.1 Å². The van der Waals surface area contributed by atoms with E-state index in [1.165, 1.54) is 24.3 Å². The number of carboxylic acid groups (broad SMARTS) is 1. The molecule has 5 rings (SSSR count). The third kappa shape index (κ3) is 6.24. The Kier molecular flexibility index (Phi) is 8.05. The molecule has 41 heavy (non-hydrogen) atoms. The highest BCUT2D eigenvalue weighted by molar-refractivity contribution is 7.89. The maximum Gasteiger partial charge on any atom is 0.322 e. The first-order chi connectivity index (χ1) is 19.8. The molecule has 0 fully saturated rings. The molecule has 3 aromatic carbocycles. The van der Waals surface area contributed by atoms with Crippen molar-refractivity contribution in [1.82, 2.24) is 9.29 Å². The monoisotopic (exact) mass is 576 g/mol. The molecular weight excluding hydrogens is 548 g/mol. The number of fused-ring (bicyclic) bond motifs is 2. The number of ether oxygens (including phenoxy) is 4. The van der Waals surface area contributed by atoms with Gasteiger partial charge in [-0.2, -0.15) is 4.72 Å². The van der Waals surface area contributed by atoms with Gasteiger partial charge >= 0.3 is 5.97 Å². The number of sulfonamides is 1. The summed E-state index contributed by atoms with van der Waals surface area (Å²) in [5.74, 6) is 6.56. The number of hydrogen-bond acceptors (Lipinski definition) is 7. The molecule has 1 aromatic heterocycles. The fourth-order valence-electron chi connectivity index (χ4n) is 4.57. The number of nitrogens with one attached hydrogen (secondary N) is 1. The maximum atomic E-state index is 13.1. The third-order valence-electron chi connectivity index (χ3n) is 6.60. The summed E-state index contributed by atoms with van der Waals surface area (Å²) in [5.41, 5.74) is 2.45. The number of aromatic nitrogens is 1. The second kappa shape index (κ2) is 11.8. The van der Waals surface area contributed by atoms with Crippen LogP contribution in [0.5, 0.6) is 23.0 Å². The van der Waals surface area contributed by atoms with Crippen molar-refractivity contribution in [3.63, 3.8) is 0 Å². The topological polar surface area (TPSA) is 125 Å². The molecule has 0 radical (unpaired) electrons. The number of benzene rings is 3. The molecule has 4 aromatic rings. The quantitative estimate of drug-likeness (QED) is 0.258. The Balaban J connectivity index is 1.41. The molecule has 212 valence electrons. The Hall–Kier alpha value is -4.66. The summed E-state index contributed by atoms with van der Waals surface area (Å²) >= 11 is 0. The van der Waals surface area contributed by atoms with Gasteiger partial charge in [0.2, 0.25) is 16.8 Å². The smallest absolute Gasteiger partial charge is 0.322 e. The van der Waals surface area contributed by atoms with E-state index < -0.39 is 22.0 Å². The number of carbonyl (C=O) groups is 1. The lowest BCUT2D eigenvalue weighted by molar-refractivity contribution is -0.138. The fourth-order valence-corrected chi connectivity index (χ4v) is 5.76. The van der Waals surface area contributed by atoms with Crippen LogP contribution < -0.4 is 23.7 Å². The average Bonchev–Trinajstić information content (AvgIpc) is 3.57. The van der Waals surface area contributed by atoms with Crippen molar-refractivity contribution in [2.75, 3.05) is 20.5 Å². The largest absolute Gasteiger partial charge is 0.497 e. The molecule has 0 aliphatic carbocycles. The van der Waals surface area contributed by atoms with Crippen molar-refractivity contribution in [3.05, 3.63) is 78.0 Å². The van der Waals surface area contributed by atoms with Crippen LogP contribution in [0.3, 0.4) is 0 Å². The van der Waals surface area contributed by atoms with Gasteiger partial charge in [0.25, 0.3) is 0 Å². The van der Waals surface area contributed by atoms with Gasteiger partial charge in [0.1, 0.15) is 24.1 Å². The van der Waals surface area contributed by atoms with Crippen LogP contribution in [0.2, 0.25) is 0 Å². The van der Waals surface area contributed by atoms with Crippen LogP contribution in [0.1, 0.15) is 18.1 Å². The zero-order valence-corrected chi connectivity index (χ0v) is 23.2. The number of nitrogens with zero attached hydrogens (tertiary/aromatic N) is 1. The maximum absolute atomic E-state index is 13.1. The van der Waals surface area contributed by atoms with Crippen molar-refractivity contribution < 1.29 is 37.3 Å². The minimum atomic E-state index is -4.15. The van der Waals surface area contributed by atoms with E-state index in [1.807, 2.05) is 47.2 Å². The number of methoxy groups -OCH3 is 1. The van der Waals surface area contributed by atoms with E-state index in [2.05, 4.69) is 16.6 Å². The summed E-state index contributed by atoms with van der Waals surface area (Å²) in [5, 5.41) is 10.8. The Bertz CT molecular complexity index is 1750. The standard InChI is InChI=1S/C30H28N2O8S/c1-3-4-13-38-22-6-9-24(10-7-22)41(35,36)31-26(30(33)34)15-21-18-32(27-11-8-23(37-2)16-25(21)27)17-20-5-12-28-29(14-20)40-19-39-28/h5-12,14,16,18,26,31H,13,15,17,19H2,1-2H3,(H,33,34)/t26-/m0/s1. The van der Waals surface area contributed by atoms with Gasteiger partial charge in [-0.25, -0.2) is 8.42 Å². The summed E-state index contributed by atoms with van der Waals surface area (Å²) in [6, 6.07) is 15.5. The molecule has 0 saturated carbocycles. The van der Waals surface area contributed by atoms with Crippen molar-refractivity contribution in [3.8, 4) is 34.8 Å². The van der Waals surface area contributed by atoms with E-state index in [-0.39, 0.29) is 24.7 Å². The summed E-state index contributed by atoms with van der Waals surface area (Å²) < 4.78 is 52.3. The van der Waals surface area contributed by atoms with Crippen LogP contribution in [-0.4, -0.2) is 50.6 Å². The number of aliphatic carboxylic acids is 1. The van der Waals surface area contributed by atoms with Crippen LogP contribution in [0.15, 0.2) is 71.8 Å². The van der Waals surface area contributed by atoms with E-state index in [0.717, 1.165) is 16.5 Å². The van der Waals surface area contributed by atoms with Crippen LogP contribution >= 0.6 is 0 Å². The Morgan fingerprint density at radius 2 is 1.83 bits per heavy atom. The molecule has 0 unspecified atom stereocenters. The molecule has 0 bridgehead atoms. The van der Waals surface area contributed by atoms with E-state index >= 15 is 0 Å². The molecule has 2 heterocycles. The average molecular weight is 577 g/mol. The second-order valence-electron chi connectivity index (χ2n) is 9.26. The molecule has 10 nitrogen and oxygen atoms in total. The first kappa shape index (κ1) is 27.9. The highest BCUT2D eigenvalue weighted by Crippen LogP contribution is 2.34. The lowest BCUT2D eigenvalue weighted by Crippen LogP contribution is -2.42. The predicted octanol–water partition coefficient (Wildman–Crippen LogP) is 3.80.